The van der Waals surface area contributed by atoms with E-state index in [-0.39, 0.29) is 0 Å². The summed E-state index contributed by atoms with van der Waals surface area (Å²) in [6.45, 7) is 4.40. The van der Waals surface area contributed by atoms with Crippen molar-refractivity contribution < 1.29 is 4.74 Å². The van der Waals surface area contributed by atoms with E-state index in [1.165, 1.54) is 17.7 Å². The van der Waals surface area contributed by atoms with Gasteiger partial charge in [-0.1, -0.05) is 13.0 Å². The fourth-order valence-corrected chi connectivity index (χ4v) is 3.22. The van der Waals surface area contributed by atoms with E-state index in [1.54, 1.807) is 7.11 Å². The maximum atomic E-state index is 5.37. The molecule has 1 aliphatic heterocycles. The van der Waals surface area contributed by atoms with Gasteiger partial charge in [-0.05, 0) is 31.0 Å². The lowest BCUT2D eigenvalue weighted by molar-refractivity contribution is 0.416. The third kappa shape index (κ3) is 2.64. The number of rotatable bonds is 3. The predicted octanol–water partition coefficient (Wildman–Crippen LogP) is 3.31. The fraction of sp³-hybridized carbons (Fsp3) is 0.538. The standard InChI is InChI=1S/C13H19NOS/c1-9-4-5-13(15-3)12(6-9)14-11-7-10(2)16-8-11/h4-6,10-11,14H,7-8H2,1-3H3. The van der Waals surface area contributed by atoms with Gasteiger partial charge in [0.05, 0.1) is 12.8 Å². The molecule has 2 atom stereocenters. The Morgan fingerprint density at radius 1 is 1.44 bits per heavy atom. The van der Waals surface area contributed by atoms with Crippen LogP contribution in [0.5, 0.6) is 5.75 Å². The number of hydrogen-bond donors (Lipinski definition) is 1. The van der Waals surface area contributed by atoms with Gasteiger partial charge in [-0.2, -0.15) is 11.8 Å². The first-order chi connectivity index (χ1) is 7.69. The Bertz CT molecular complexity index is 367. The molecule has 0 aliphatic carbocycles. The third-order valence-electron chi connectivity index (χ3n) is 2.91. The Morgan fingerprint density at radius 2 is 2.25 bits per heavy atom. The lowest BCUT2D eigenvalue weighted by Gasteiger charge is -2.16. The van der Waals surface area contributed by atoms with Gasteiger partial charge >= 0.3 is 0 Å². The normalized spacial score (nSPS) is 24.4. The predicted molar refractivity (Wildman–Crippen MR) is 71.7 cm³/mol. The summed E-state index contributed by atoms with van der Waals surface area (Å²) >= 11 is 2.04. The number of anilines is 1. The van der Waals surface area contributed by atoms with E-state index in [4.69, 9.17) is 4.74 Å². The Kier molecular flexibility index (Phi) is 3.64. The minimum absolute atomic E-state index is 0.579. The molecule has 88 valence electrons. The van der Waals surface area contributed by atoms with Crippen molar-refractivity contribution >= 4 is 17.4 Å². The van der Waals surface area contributed by atoms with Crippen molar-refractivity contribution in [2.45, 2.75) is 31.6 Å². The quantitative estimate of drug-likeness (QED) is 0.871. The molecule has 1 heterocycles. The van der Waals surface area contributed by atoms with Gasteiger partial charge in [0.15, 0.2) is 0 Å². The second-order valence-corrected chi connectivity index (χ2v) is 5.90. The molecular weight excluding hydrogens is 218 g/mol. The van der Waals surface area contributed by atoms with Crippen LogP contribution in [-0.4, -0.2) is 24.2 Å². The minimum atomic E-state index is 0.579. The molecule has 0 radical (unpaired) electrons. The van der Waals surface area contributed by atoms with Gasteiger partial charge in [-0.3, -0.25) is 0 Å². The Labute approximate surface area is 102 Å². The molecule has 0 amide bonds. The zero-order valence-corrected chi connectivity index (χ0v) is 10.9. The number of nitrogens with one attached hydrogen (secondary N) is 1. The fourth-order valence-electron chi connectivity index (χ4n) is 2.07. The summed E-state index contributed by atoms with van der Waals surface area (Å²) in [5.74, 6) is 2.13. The second kappa shape index (κ2) is 5.00. The number of methoxy groups -OCH3 is 1. The number of aryl methyl sites for hydroxylation is 1. The van der Waals surface area contributed by atoms with Crippen molar-refractivity contribution in [1.29, 1.82) is 0 Å². The maximum absolute atomic E-state index is 5.37. The minimum Gasteiger partial charge on any atom is -0.495 e. The van der Waals surface area contributed by atoms with Gasteiger partial charge in [0.1, 0.15) is 5.75 Å². The van der Waals surface area contributed by atoms with Crippen molar-refractivity contribution in [3.8, 4) is 5.75 Å². The molecule has 1 fully saturated rings. The van der Waals surface area contributed by atoms with Gasteiger partial charge in [0, 0.05) is 17.0 Å². The summed E-state index contributed by atoms with van der Waals surface area (Å²) in [6.07, 6.45) is 1.24. The highest BCUT2D eigenvalue weighted by Gasteiger charge is 2.22. The first kappa shape index (κ1) is 11.6. The van der Waals surface area contributed by atoms with Gasteiger partial charge < -0.3 is 10.1 Å². The monoisotopic (exact) mass is 237 g/mol. The van der Waals surface area contributed by atoms with Gasteiger partial charge in [0.25, 0.3) is 0 Å². The van der Waals surface area contributed by atoms with Crippen LogP contribution in [-0.2, 0) is 0 Å². The molecule has 0 bridgehead atoms. The smallest absolute Gasteiger partial charge is 0.141 e. The third-order valence-corrected chi connectivity index (χ3v) is 4.27. The molecule has 1 aromatic carbocycles. The number of thioether (sulfide) groups is 1. The molecule has 2 rings (SSSR count). The van der Waals surface area contributed by atoms with Gasteiger partial charge in [-0.25, -0.2) is 0 Å². The first-order valence-corrected chi connectivity index (χ1v) is 6.76. The summed E-state index contributed by atoms with van der Waals surface area (Å²) in [5.41, 5.74) is 2.39. The van der Waals surface area contributed by atoms with Crippen LogP contribution >= 0.6 is 11.8 Å². The zero-order chi connectivity index (χ0) is 11.5. The topological polar surface area (TPSA) is 21.3 Å². The average molecular weight is 237 g/mol. The van der Waals surface area contributed by atoms with Crippen LogP contribution in [0.4, 0.5) is 5.69 Å². The molecule has 0 spiro atoms. The molecule has 1 aromatic rings. The number of ether oxygens (including phenoxy) is 1. The maximum Gasteiger partial charge on any atom is 0.141 e. The van der Waals surface area contributed by atoms with Crippen LogP contribution in [0.2, 0.25) is 0 Å². The molecule has 1 aliphatic rings. The molecular formula is C13H19NOS. The molecule has 0 saturated carbocycles. The Balaban J connectivity index is 2.10. The average Bonchev–Trinajstić information content (AvgIpc) is 2.64. The number of benzene rings is 1. The number of hydrogen-bond acceptors (Lipinski definition) is 3. The Morgan fingerprint density at radius 3 is 2.88 bits per heavy atom. The highest BCUT2D eigenvalue weighted by atomic mass is 32.2. The molecule has 2 unspecified atom stereocenters. The molecule has 0 aromatic heterocycles. The molecule has 2 nitrogen and oxygen atoms in total. The van der Waals surface area contributed by atoms with Crippen LogP contribution < -0.4 is 10.1 Å². The lowest BCUT2D eigenvalue weighted by Crippen LogP contribution is -2.19. The van der Waals surface area contributed by atoms with Gasteiger partial charge in [0.2, 0.25) is 0 Å². The molecule has 1 N–H and O–H groups in total. The van der Waals surface area contributed by atoms with Crippen LogP contribution in [0.25, 0.3) is 0 Å². The van der Waals surface area contributed by atoms with Crippen molar-refractivity contribution in [1.82, 2.24) is 0 Å². The van der Waals surface area contributed by atoms with E-state index < -0.39 is 0 Å². The van der Waals surface area contributed by atoms with E-state index in [0.29, 0.717) is 6.04 Å². The van der Waals surface area contributed by atoms with Crippen LogP contribution in [0.1, 0.15) is 18.9 Å². The van der Waals surface area contributed by atoms with Crippen LogP contribution in [0.3, 0.4) is 0 Å². The molecule has 1 saturated heterocycles. The second-order valence-electron chi connectivity index (χ2n) is 4.42. The van der Waals surface area contributed by atoms with E-state index in [2.05, 4.69) is 31.3 Å². The van der Waals surface area contributed by atoms with Crippen LogP contribution in [0.15, 0.2) is 18.2 Å². The van der Waals surface area contributed by atoms with E-state index in [9.17, 15) is 0 Å². The van der Waals surface area contributed by atoms with Gasteiger partial charge in [-0.15, -0.1) is 0 Å². The zero-order valence-electron chi connectivity index (χ0n) is 10.1. The lowest BCUT2D eigenvalue weighted by atomic mass is 10.1. The molecule has 3 heteroatoms. The van der Waals surface area contributed by atoms with E-state index in [1.807, 2.05) is 17.8 Å². The summed E-state index contributed by atoms with van der Waals surface area (Å²) in [5, 5.41) is 4.36. The summed E-state index contributed by atoms with van der Waals surface area (Å²) < 4.78 is 5.37. The van der Waals surface area contributed by atoms with Crippen molar-refractivity contribution in [2.24, 2.45) is 0 Å². The van der Waals surface area contributed by atoms with Crippen molar-refractivity contribution in [3.63, 3.8) is 0 Å². The van der Waals surface area contributed by atoms with Crippen molar-refractivity contribution in [2.75, 3.05) is 18.2 Å². The SMILES string of the molecule is COc1ccc(C)cc1NC1CSC(C)C1. The van der Waals surface area contributed by atoms with Crippen LogP contribution in [0, 0.1) is 6.92 Å². The van der Waals surface area contributed by atoms with E-state index in [0.717, 1.165) is 16.7 Å². The first-order valence-electron chi connectivity index (χ1n) is 5.72. The largest absolute Gasteiger partial charge is 0.495 e. The summed E-state index contributed by atoms with van der Waals surface area (Å²) in [6, 6.07) is 6.85. The molecule has 16 heavy (non-hydrogen) atoms. The van der Waals surface area contributed by atoms with E-state index >= 15 is 0 Å². The highest BCUT2D eigenvalue weighted by molar-refractivity contribution is 8.00. The van der Waals surface area contributed by atoms with Crippen molar-refractivity contribution in [3.05, 3.63) is 23.8 Å². The Hall–Kier alpha value is -0.830. The summed E-state index contributed by atoms with van der Waals surface area (Å²) in [7, 11) is 1.72. The highest BCUT2D eigenvalue weighted by Crippen LogP contribution is 2.32. The summed E-state index contributed by atoms with van der Waals surface area (Å²) in [4.78, 5) is 0.